The van der Waals surface area contributed by atoms with E-state index in [4.69, 9.17) is 4.74 Å². The minimum Gasteiger partial charge on any atom is -0.380 e. The highest BCUT2D eigenvalue weighted by atomic mass is 16.5. The molecule has 104 valence electrons. The normalized spacial score (nSPS) is 16.9. The van der Waals surface area contributed by atoms with Crippen LogP contribution in [0, 0.1) is 5.41 Å². The second-order valence-electron chi connectivity index (χ2n) is 5.94. The van der Waals surface area contributed by atoms with Gasteiger partial charge in [-0.05, 0) is 11.1 Å². The molecule has 0 radical (unpaired) electrons. The molecule has 2 nitrogen and oxygen atoms in total. The molecule has 0 aliphatic carbocycles. The van der Waals surface area contributed by atoms with Crippen molar-refractivity contribution in [1.82, 2.24) is 5.32 Å². The molecule has 0 unspecified atom stereocenters. The van der Waals surface area contributed by atoms with Gasteiger partial charge in [0, 0.05) is 12.0 Å². The number of ether oxygens (including phenoxy) is 1. The molecule has 20 heavy (non-hydrogen) atoms. The molecule has 0 bridgehead atoms. The molecule has 1 saturated heterocycles. The molecule has 2 aromatic rings. The Balaban J connectivity index is 1.80. The van der Waals surface area contributed by atoms with Gasteiger partial charge in [0.15, 0.2) is 0 Å². The Kier molecular flexibility index (Phi) is 3.86. The first-order valence-corrected chi connectivity index (χ1v) is 7.18. The lowest BCUT2D eigenvalue weighted by Gasteiger charge is -2.39. The quantitative estimate of drug-likeness (QED) is 0.896. The van der Waals surface area contributed by atoms with Gasteiger partial charge in [0.05, 0.1) is 19.3 Å². The van der Waals surface area contributed by atoms with Gasteiger partial charge in [-0.3, -0.25) is 0 Å². The molecule has 1 N–H and O–H groups in total. The molecule has 1 aliphatic rings. The van der Waals surface area contributed by atoms with Crippen LogP contribution >= 0.6 is 0 Å². The second-order valence-corrected chi connectivity index (χ2v) is 5.94. The summed E-state index contributed by atoms with van der Waals surface area (Å²) in [5.74, 6) is 0. The van der Waals surface area contributed by atoms with Gasteiger partial charge in [0.1, 0.15) is 0 Å². The van der Waals surface area contributed by atoms with E-state index in [2.05, 4.69) is 72.9 Å². The van der Waals surface area contributed by atoms with Crippen molar-refractivity contribution in [3.8, 4) is 0 Å². The number of nitrogens with one attached hydrogen (secondary N) is 1. The summed E-state index contributed by atoms with van der Waals surface area (Å²) in [7, 11) is 0. The van der Waals surface area contributed by atoms with Crippen LogP contribution in [0.5, 0.6) is 0 Å². The van der Waals surface area contributed by atoms with Crippen LogP contribution in [-0.2, 0) is 4.74 Å². The minimum atomic E-state index is 0.245. The van der Waals surface area contributed by atoms with E-state index in [9.17, 15) is 0 Å². The Bertz CT molecular complexity index is 494. The summed E-state index contributed by atoms with van der Waals surface area (Å²) in [5.41, 5.74) is 2.90. The Morgan fingerprint density at radius 3 is 1.85 bits per heavy atom. The first-order chi connectivity index (χ1) is 9.77. The molecular formula is C18H21NO. The predicted molar refractivity (Wildman–Crippen MR) is 81.7 cm³/mol. The first-order valence-electron chi connectivity index (χ1n) is 7.18. The lowest BCUT2D eigenvalue weighted by atomic mass is 9.87. The van der Waals surface area contributed by atoms with Crippen molar-refractivity contribution in [2.75, 3.05) is 19.8 Å². The fourth-order valence-electron chi connectivity index (χ4n) is 2.62. The molecule has 1 heterocycles. The zero-order chi connectivity index (χ0) is 13.8. The van der Waals surface area contributed by atoms with E-state index in [-0.39, 0.29) is 11.5 Å². The summed E-state index contributed by atoms with van der Waals surface area (Å²) in [6.07, 6.45) is 0. The average molecular weight is 267 g/mol. The average Bonchev–Trinajstić information content (AvgIpc) is 2.48. The number of benzene rings is 2. The van der Waals surface area contributed by atoms with Gasteiger partial charge in [-0.2, -0.15) is 0 Å². The lowest BCUT2D eigenvalue weighted by Crippen LogP contribution is -2.48. The van der Waals surface area contributed by atoms with Crippen molar-refractivity contribution in [3.63, 3.8) is 0 Å². The third-order valence-electron chi connectivity index (χ3n) is 3.90. The molecule has 0 spiro atoms. The van der Waals surface area contributed by atoms with Crippen molar-refractivity contribution >= 4 is 0 Å². The smallest absolute Gasteiger partial charge is 0.0576 e. The Morgan fingerprint density at radius 1 is 0.950 bits per heavy atom. The van der Waals surface area contributed by atoms with Crippen LogP contribution in [0.2, 0.25) is 0 Å². The molecule has 0 amide bonds. The van der Waals surface area contributed by atoms with E-state index in [0.29, 0.717) is 0 Å². The molecule has 2 aromatic carbocycles. The van der Waals surface area contributed by atoms with Crippen molar-refractivity contribution < 1.29 is 4.74 Å². The molecule has 0 aromatic heterocycles. The predicted octanol–water partition coefficient (Wildman–Crippen LogP) is 3.40. The monoisotopic (exact) mass is 267 g/mol. The van der Waals surface area contributed by atoms with Crippen LogP contribution in [0.1, 0.15) is 24.1 Å². The Hall–Kier alpha value is -1.64. The zero-order valence-corrected chi connectivity index (χ0v) is 11.9. The fraction of sp³-hybridized carbons (Fsp3) is 0.333. The van der Waals surface area contributed by atoms with Gasteiger partial charge in [-0.15, -0.1) is 0 Å². The van der Waals surface area contributed by atoms with E-state index in [1.807, 2.05) is 0 Å². The summed E-state index contributed by atoms with van der Waals surface area (Å²) in [4.78, 5) is 0. The minimum absolute atomic E-state index is 0.245. The Labute approximate surface area is 120 Å². The summed E-state index contributed by atoms with van der Waals surface area (Å²) >= 11 is 0. The highest BCUT2D eigenvalue weighted by Crippen LogP contribution is 2.28. The van der Waals surface area contributed by atoms with E-state index >= 15 is 0 Å². The first kappa shape index (κ1) is 13.3. The number of rotatable bonds is 5. The molecule has 1 fully saturated rings. The number of hydrogen-bond acceptors (Lipinski definition) is 2. The summed E-state index contributed by atoms with van der Waals surface area (Å²) in [5, 5.41) is 3.71. The maximum Gasteiger partial charge on any atom is 0.0576 e. The Morgan fingerprint density at radius 2 is 1.45 bits per heavy atom. The molecule has 3 rings (SSSR count). The maximum atomic E-state index is 5.34. The van der Waals surface area contributed by atoms with Gasteiger partial charge in [-0.1, -0.05) is 67.6 Å². The van der Waals surface area contributed by atoms with Crippen LogP contribution in [0.15, 0.2) is 60.7 Å². The van der Waals surface area contributed by atoms with Crippen molar-refractivity contribution in [1.29, 1.82) is 0 Å². The topological polar surface area (TPSA) is 21.3 Å². The fourth-order valence-corrected chi connectivity index (χ4v) is 2.62. The third kappa shape index (κ3) is 2.92. The van der Waals surface area contributed by atoms with Crippen LogP contribution in [0.3, 0.4) is 0 Å². The molecular weight excluding hydrogens is 246 g/mol. The van der Waals surface area contributed by atoms with Gasteiger partial charge in [-0.25, -0.2) is 0 Å². The summed E-state index contributed by atoms with van der Waals surface area (Å²) < 4.78 is 5.34. The zero-order valence-electron chi connectivity index (χ0n) is 11.9. The van der Waals surface area contributed by atoms with Crippen LogP contribution < -0.4 is 5.32 Å². The van der Waals surface area contributed by atoms with E-state index in [1.165, 1.54) is 11.1 Å². The standard InChI is InChI=1S/C18H21NO/c1-18(13-20-14-18)12-19-17(15-8-4-2-5-9-15)16-10-6-3-7-11-16/h2-11,17,19H,12-14H2,1H3. The van der Waals surface area contributed by atoms with Crippen LogP contribution in [0.4, 0.5) is 0 Å². The van der Waals surface area contributed by atoms with E-state index in [0.717, 1.165) is 19.8 Å². The van der Waals surface area contributed by atoms with Crippen LogP contribution in [-0.4, -0.2) is 19.8 Å². The summed E-state index contributed by atoms with van der Waals surface area (Å²) in [6, 6.07) is 21.5. The van der Waals surface area contributed by atoms with Crippen LogP contribution in [0.25, 0.3) is 0 Å². The lowest BCUT2D eigenvalue weighted by molar-refractivity contribution is -0.0997. The van der Waals surface area contributed by atoms with Gasteiger partial charge in [0.25, 0.3) is 0 Å². The van der Waals surface area contributed by atoms with Gasteiger partial charge >= 0.3 is 0 Å². The van der Waals surface area contributed by atoms with Crippen molar-refractivity contribution in [2.24, 2.45) is 5.41 Å². The van der Waals surface area contributed by atoms with Crippen molar-refractivity contribution in [2.45, 2.75) is 13.0 Å². The largest absolute Gasteiger partial charge is 0.380 e. The van der Waals surface area contributed by atoms with Crippen molar-refractivity contribution in [3.05, 3.63) is 71.8 Å². The van der Waals surface area contributed by atoms with E-state index < -0.39 is 0 Å². The molecule has 0 atom stereocenters. The third-order valence-corrected chi connectivity index (χ3v) is 3.90. The molecule has 1 aliphatic heterocycles. The second kappa shape index (κ2) is 5.78. The van der Waals surface area contributed by atoms with Gasteiger partial charge in [0.2, 0.25) is 0 Å². The van der Waals surface area contributed by atoms with E-state index in [1.54, 1.807) is 0 Å². The van der Waals surface area contributed by atoms with Gasteiger partial charge < -0.3 is 10.1 Å². The molecule has 2 heteroatoms. The molecule has 0 saturated carbocycles. The highest BCUT2D eigenvalue weighted by Gasteiger charge is 2.33. The summed E-state index contributed by atoms with van der Waals surface area (Å²) in [6.45, 7) is 4.96. The highest BCUT2D eigenvalue weighted by molar-refractivity contribution is 5.31. The maximum absolute atomic E-state index is 5.34. The SMILES string of the molecule is CC1(CNC(c2ccccc2)c2ccccc2)COC1. The number of hydrogen-bond donors (Lipinski definition) is 1.